The van der Waals surface area contributed by atoms with E-state index >= 15 is 0 Å². The minimum atomic E-state index is -0.168. The maximum Gasteiger partial charge on any atom is 0.229 e. The van der Waals surface area contributed by atoms with Gasteiger partial charge in [0.25, 0.3) is 0 Å². The first-order valence-electron chi connectivity index (χ1n) is 10.4. The minimum absolute atomic E-state index is 0.0160. The van der Waals surface area contributed by atoms with Crippen molar-refractivity contribution in [3.8, 4) is 0 Å². The van der Waals surface area contributed by atoms with Gasteiger partial charge in [0.1, 0.15) is 0 Å². The maximum atomic E-state index is 12.9. The molecule has 3 aromatic rings. The van der Waals surface area contributed by atoms with Gasteiger partial charge in [-0.2, -0.15) is 0 Å². The molecule has 1 N–H and O–H groups in total. The number of nitrogens with one attached hydrogen (secondary N) is 1. The first-order chi connectivity index (χ1) is 14.6. The fraction of sp³-hybridized carbons (Fsp3) is 0.231. The highest BCUT2D eigenvalue weighted by Crippen LogP contribution is 2.28. The summed E-state index contributed by atoms with van der Waals surface area (Å²) >= 11 is 0. The van der Waals surface area contributed by atoms with Gasteiger partial charge in [-0.1, -0.05) is 78.4 Å². The Morgan fingerprint density at radius 2 is 1.50 bits per heavy atom. The summed E-state index contributed by atoms with van der Waals surface area (Å²) in [7, 11) is 0. The zero-order valence-corrected chi connectivity index (χ0v) is 17.1. The van der Waals surface area contributed by atoms with Crippen LogP contribution in [0.2, 0.25) is 0 Å². The Balaban J connectivity index is 1.44. The van der Waals surface area contributed by atoms with E-state index in [1.807, 2.05) is 67.6 Å². The number of anilines is 1. The number of benzene rings is 3. The minimum Gasteiger partial charge on any atom is -0.351 e. The summed E-state index contributed by atoms with van der Waals surface area (Å²) in [6, 6.07) is 27.9. The number of nitrogens with zero attached hydrogens (tertiary/aromatic N) is 1. The molecule has 4 heteroatoms. The maximum absolute atomic E-state index is 12.9. The Morgan fingerprint density at radius 1 is 0.933 bits per heavy atom. The average molecular weight is 399 g/mol. The van der Waals surface area contributed by atoms with E-state index in [-0.39, 0.29) is 23.8 Å². The average Bonchev–Trinajstić information content (AvgIpc) is 3.13. The first-order valence-corrected chi connectivity index (χ1v) is 10.4. The van der Waals surface area contributed by atoms with E-state index in [1.165, 1.54) is 0 Å². The summed E-state index contributed by atoms with van der Waals surface area (Å²) in [5.74, 6) is 0.000732. The Bertz CT molecular complexity index is 961. The van der Waals surface area contributed by atoms with Gasteiger partial charge < -0.3 is 10.2 Å². The highest BCUT2D eigenvalue weighted by Gasteiger charge is 2.32. The molecule has 0 aliphatic carbocycles. The van der Waals surface area contributed by atoms with Crippen LogP contribution in [0.5, 0.6) is 0 Å². The molecule has 1 aliphatic heterocycles. The van der Waals surface area contributed by atoms with Crippen LogP contribution in [-0.2, 0) is 9.59 Å². The summed E-state index contributed by atoms with van der Waals surface area (Å²) in [5, 5.41) is 3.09. The summed E-state index contributed by atoms with van der Waals surface area (Å²) in [6.45, 7) is 2.53. The second-order valence-corrected chi connectivity index (χ2v) is 7.89. The van der Waals surface area contributed by atoms with Crippen molar-refractivity contribution in [3.05, 3.63) is 102 Å². The third-order valence-electron chi connectivity index (χ3n) is 5.63. The largest absolute Gasteiger partial charge is 0.351 e. The molecule has 0 bridgehead atoms. The van der Waals surface area contributed by atoms with Crippen LogP contribution in [0.3, 0.4) is 0 Å². The van der Waals surface area contributed by atoms with E-state index in [0.29, 0.717) is 19.4 Å². The molecule has 152 valence electrons. The lowest BCUT2D eigenvalue weighted by molar-refractivity contribution is -0.122. The van der Waals surface area contributed by atoms with E-state index in [9.17, 15) is 9.59 Å². The van der Waals surface area contributed by atoms with Gasteiger partial charge in [0.2, 0.25) is 11.8 Å². The van der Waals surface area contributed by atoms with Gasteiger partial charge in [0, 0.05) is 31.0 Å². The monoisotopic (exact) mass is 398 g/mol. The molecular weight excluding hydrogens is 372 g/mol. The standard InChI is InChI=1S/C26H26N2O2/c1-19-12-14-23(15-13-19)28-18-22(16-26(28)30)27-25(29)17-24(20-8-4-2-5-9-20)21-10-6-3-7-11-21/h2-15,22,24H,16-18H2,1H3,(H,27,29)/t22-/m0/s1. The van der Waals surface area contributed by atoms with Gasteiger partial charge in [-0.3, -0.25) is 9.59 Å². The third-order valence-corrected chi connectivity index (χ3v) is 5.63. The lowest BCUT2D eigenvalue weighted by atomic mass is 9.88. The molecule has 1 atom stereocenters. The van der Waals surface area contributed by atoms with Gasteiger partial charge in [0.15, 0.2) is 0 Å². The molecule has 4 nitrogen and oxygen atoms in total. The molecule has 2 amide bonds. The van der Waals surface area contributed by atoms with E-state index in [0.717, 1.165) is 22.4 Å². The lowest BCUT2D eigenvalue weighted by Crippen LogP contribution is -2.37. The second kappa shape index (κ2) is 8.95. The van der Waals surface area contributed by atoms with Gasteiger partial charge in [-0.05, 0) is 30.2 Å². The normalized spacial score (nSPS) is 16.1. The van der Waals surface area contributed by atoms with Crippen molar-refractivity contribution in [2.75, 3.05) is 11.4 Å². The van der Waals surface area contributed by atoms with Crippen LogP contribution in [-0.4, -0.2) is 24.4 Å². The zero-order valence-electron chi connectivity index (χ0n) is 17.1. The van der Waals surface area contributed by atoms with E-state index < -0.39 is 0 Å². The topological polar surface area (TPSA) is 49.4 Å². The Morgan fingerprint density at radius 3 is 2.07 bits per heavy atom. The van der Waals surface area contributed by atoms with Crippen LogP contribution in [0.4, 0.5) is 5.69 Å². The van der Waals surface area contributed by atoms with Crippen LogP contribution in [0, 0.1) is 6.92 Å². The van der Waals surface area contributed by atoms with Crippen LogP contribution in [0.15, 0.2) is 84.9 Å². The van der Waals surface area contributed by atoms with Crippen molar-refractivity contribution < 1.29 is 9.59 Å². The van der Waals surface area contributed by atoms with Crippen molar-refractivity contribution in [1.29, 1.82) is 0 Å². The lowest BCUT2D eigenvalue weighted by Gasteiger charge is -2.20. The highest BCUT2D eigenvalue weighted by molar-refractivity contribution is 5.96. The van der Waals surface area contributed by atoms with E-state index in [2.05, 4.69) is 29.6 Å². The van der Waals surface area contributed by atoms with Crippen LogP contribution >= 0.6 is 0 Å². The highest BCUT2D eigenvalue weighted by atomic mass is 16.2. The summed E-state index contributed by atoms with van der Waals surface area (Å²) in [4.78, 5) is 27.2. The molecule has 0 saturated carbocycles. The molecule has 30 heavy (non-hydrogen) atoms. The van der Waals surface area contributed by atoms with Crippen molar-refractivity contribution in [2.24, 2.45) is 0 Å². The van der Waals surface area contributed by atoms with E-state index in [1.54, 1.807) is 4.90 Å². The predicted molar refractivity (Wildman–Crippen MR) is 119 cm³/mol. The van der Waals surface area contributed by atoms with Crippen LogP contribution < -0.4 is 10.2 Å². The molecule has 1 saturated heterocycles. The van der Waals surface area contributed by atoms with Crippen molar-refractivity contribution >= 4 is 17.5 Å². The van der Waals surface area contributed by atoms with Gasteiger partial charge in [-0.15, -0.1) is 0 Å². The molecule has 1 fully saturated rings. The van der Waals surface area contributed by atoms with Gasteiger partial charge in [-0.25, -0.2) is 0 Å². The smallest absolute Gasteiger partial charge is 0.229 e. The SMILES string of the molecule is Cc1ccc(N2C[C@@H](NC(=O)CC(c3ccccc3)c3ccccc3)CC2=O)cc1. The number of carbonyl (C=O) groups is 2. The second-order valence-electron chi connectivity index (χ2n) is 7.89. The van der Waals surface area contributed by atoms with Crippen molar-refractivity contribution in [3.63, 3.8) is 0 Å². The number of hydrogen-bond acceptors (Lipinski definition) is 2. The molecule has 0 unspecified atom stereocenters. The molecule has 3 aromatic carbocycles. The van der Waals surface area contributed by atoms with Crippen molar-refractivity contribution in [2.45, 2.75) is 31.7 Å². The number of aryl methyl sites for hydroxylation is 1. The molecule has 0 radical (unpaired) electrons. The molecule has 0 spiro atoms. The van der Waals surface area contributed by atoms with Gasteiger partial charge >= 0.3 is 0 Å². The fourth-order valence-electron chi connectivity index (χ4n) is 4.05. The molecule has 0 aromatic heterocycles. The van der Waals surface area contributed by atoms with Gasteiger partial charge in [0.05, 0.1) is 6.04 Å². The predicted octanol–water partition coefficient (Wildman–Crippen LogP) is 4.44. The summed E-state index contributed by atoms with van der Waals surface area (Å²) in [6.07, 6.45) is 0.685. The Hall–Kier alpha value is -3.40. The molecule has 1 heterocycles. The first kappa shape index (κ1) is 19.9. The summed E-state index contributed by atoms with van der Waals surface area (Å²) in [5.41, 5.74) is 4.27. The number of hydrogen-bond donors (Lipinski definition) is 1. The molecular formula is C26H26N2O2. The number of carbonyl (C=O) groups excluding carboxylic acids is 2. The van der Waals surface area contributed by atoms with Crippen LogP contribution in [0.1, 0.15) is 35.4 Å². The Labute approximate surface area is 177 Å². The van der Waals surface area contributed by atoms with E-state index in [4.69, 9.17) is 0 Å². The number of amides is 2. The molecule has 4 rings (SSSR count). The number of rotatable bonds is 6. The zero-order chi connectivity index (χ0) is 20.9. The molecule has 1 aliphatic rings. The summed E-state index contributed by atoms with van der Waals surface area (Å²) < 4.78 is 0. The Kier molecular flexibility index (Phi) is 5.94. The quantitative estimate of drug-likeness (QED) is 0.667. The van der Waals surface area contributed by atoms with Crippen molar-refractivity contribution in [1.82, 2.24) is 5.32 Å². The third kappa shape index (κ3) is 4.60. The van der Waals surface area contributed by atoms with Crippen LogP contribution in [0.25, 0.3) is 0 Å². The fourth-order valence-corrected chi connectivity index (χ4v) is 4.05.